The van der Waals surface area contributed by atoms with Crippen LogP contribution in [0.2, 0.25) is 0 Å². The molecule has 1 aromatic rings. The van der Waals surface area contributed by atoms with E-state index in [1.807, 2.05) is 0 Å². The Morgan fingerprint density at radius 1 is 1.11 bits per heavy atom. The van der Waals surface area contributed by atoms with Crippen molar-refractivity contribution in [3.8, 4) is 11.8 Å². The van der Waals surface area contributed by atoms with E-state index in [0.29, 0.717) is 28.7 Å². The molecular formula is C13H18BrN3O2. The zero-order valence-corrected chi connectivity index (χ0v) is 12.8. The van der Waals surface area contributed by atoms with E-state index >= 15 is 0 Å². The maximum absolute atomic E-state index is 5.23. The summed E-state index contributed by atoms with van der Waals surface area (Å²) >= 11 is 3.75. The second-order valence-corrected chi connectivity index (χ2v) is 6.41. The lowest BCUT2D eigenvalue weighted by atomic mass is 10.0. The number of halogens is 1. The summed E-state index contributed by atoms with van der Waals surface area (Å²) in [5.74, 6) is 1.85. The van der Waals surface area contributed by atoms with Crippen LogP contribution in [0.25, 0.3) is 0 Å². The van der Waals surface area contributed by atoms with Crippen LogP contribution in [-0.4, -0.2) is 41.1 Å². The van der Waals surface area contributed by atoms with Crippen molar-refractivity contribution in [3.63, 3.8) is 0 Å². The average Bonchev–Trinajstić information content (AvgIpc) is 2.70. The van der Waals surface area contributed by atoms with Crippen LogP contribution < -0.4 is 14.4 Å². The molecule has 19 heavy (non-hydrogen) atoms. The van der Waals surface area contributed by atoms with Crippen LogP contribution in [0.1, 0.15) is 25.7 Å². The van der Waals surface area contributed by atoms with E-state index in [9.17, 15) is 0 Å². The normalized spacial score (nSPS) is 29.4. The number of ether oxygens (including phenoxy) is 2. The number of hydrogen-bond donors (Lipinski definition) is 0. The lowest BCUT2D eigenvalue weighted by molar-refractivity contribution is 0.368. The van der Waals surface area contributed by atoms with E-state index in [4.69, 9.17) is 9.47 Å². The third kappa shape index (κ3) is 2.38. The molecule has 0 amide bonds. The second-order valence-electron chi connectivity index (χ2n) is 5.11. The molecule has 6 heteroatoms. The van der Waals surface area contributed by atoms with Gasteiger partial charge in [0.25, 0.3) is 0 Å². The fraction of sp³-hybridized carbons (Fsp3) is 0.692. The maximum Gasteiger partial charge on any atom is 0.232 e. The SMILES string of the molecule is COc1cc(OC)nc(N2C3CCC2CC(Br)C3)n1. The van der Waals surface area contributed by atoms with Crippen LogP contribution >= 0.6 is 15.9 Å². The van der Waals surface area contributed by atoms with Crippen molar-refractivity contribution < 1.29 is 9.47 Å². The van der Waals surface area contributed by atoms with Gasteiger partial charge < -0.3 is 14.4 Å². The number of anilines is 1. The number of fused-ring (bicyclic) bond motifs is 2. The molecule has 2 bridgehead atoms. The lowest BCUT2D eigenvalue weighted by Crippen LogP contribution is -2.44. The maximum atomic E-state index is 5.23. The molecule has 2 unspecified atom stereocenters. The van der Waals surface area contributed by atoms with Gasteiger partial charge in [-0.05, 0) is 25.7 Å². The highest BCUT2D eigenvalue weighted by molar-refractivity contribution is 9.09. The highest BCUT2D eigenvalue weighted by atomic mass is 79.9. The smallest absolute Gasteiger partial charge is 0.232 e. The van der Waals surface area contributed by atoms with Crippen molar-refractivity contribution in [1.29, 1.82) is 0 Å². The Labute approximate surface area is 121 Å². The predicted octanol–water partition coefficient (Wildman–Crippen LogP) is 2.39. The van der Waals surface area contributed by atoms with Crippen molar-refractivity contribution in [1.82, 2.24) is 9.97 Å². The van der Waals surface area contributed by atoms with E-state index in [1.54, 1.807) is 20.3 Å². The molecule has 3 heterocycles. The highest BCUT2D eigenvalue weighted by Crippen LogP contribution is 2.40. The average molecular weight is 328 g/mol. The molecule has 0 aromatic carbocycles. The Bertz CT molecular complexity index is 435. The first-order valence-corrected chi connectivity index (χ1v) is 7.52. The predicted molar refractivity (Wildman–Crippen MR) is 76.4 cm³/mol. The summed E-state index contributed by atoms with van der Waals surface area (Å²) in [6.07, 6.45) is 4.74. The van der Waals surface area contributed by atoms with Crippen molar-refractivity contribution in [3.05, 3.63) is 6.07 Å². The number of piperidine rings is 1. The number of alkyl halides is 1. The van der Waals surface area contributed by atoms with Gasteiger partial charge in [-0.25, -0.2) is 0 Å². The summed E-state index contributed by atoms with van der Waals surface area (Å²) in [7, 11) is 3.23. The molecule has 3 rings (SSSR count). The van der Waals surface area contributed by atoms with Gasteiger partial charge in [0.1, 0.15) is 0 Å². The van der Waals surface area contributed by atoms with Gasteiger partial charge in [-0.1, -0.05) is 15.9 Å². The largest absolute Gasteiger partial charge is 0.481 e. The molecule has 2 fully saturated rings. The van der Waals surface area contributed by atoms with E-state index in [0.717, 1.165) is 18.8 Å². The van der Waals surface area contributed by atoms with Crippen LogP contribution in [0.3, 0.4) is 0 Å². The minimum Gasteiger partial charge on any atom is -0.481 e. The zero-order valence-electron chi connectivity index (χ0n) is 11.2. The number of hydrogen-bond acceptors (Lipinski definition) is 5. The summed E-state index contributed by atoms with van der Waals surface area (Å²) < 4.78 is 10.5. The first kappa shape index (κ1) is 13.0. The molecule has 2 aliphatic heterocycles. The van der Waals surface area contributed by atoms with Gasteiger partial charge in [-0.3, -0.25) is 0 Å². The molecule has 0 radical (unpaired) electrons. The summed E-state index contributed by atoms with van der Waals surface area (Å²) in [6, 6.07) is 2.77. The Morgan fingerprint density at radius 3 is 2.11 bits per heavy atom. The summed E-state index contributed by atoms with van der Waals surface area (Å²) in [5, 5.41) is 0. The molecule has 0 N–H and O–H groups in total. The third-order valence-electron chi connectivity index (χ3n) is 3.99. The Kier molecular flexibility index (Phi) is 3.52. The zero-order chi connectivity index (χ0) is 13.4. The molecule has 2 aliphatic rings. The number of methoxy groups -OCH3 is 2. The van der Waals surface area contributed by atoms with Crippen molar-refractivity contribution in [2.24, 2.45) is 0 Å². The van der Waals surface area contributed by atoms with Gasteiger partial charge in [0.05, 0.1) is 20.3 Å². The minimum atomic E-state index is 0.528. The lowest BCUT2D eigenvalue weighted by Gasteiger charge is -2.37. The van der Waals surface area contributed by atoms with Crippen LogP contribution in [0.15, 0.2) is 6.07 Å². The van der Waals surface area contributed by atoms with Crippen LogP contribution in [-0.2, 0) is 0 Å². The molecule has 0 spiro atoms. The van der Waals surface area contributed by atoms with E-state index in [1.165, 1.54) is 12.8 Å². The molecule has 2 atom stereocenters. The fourth-order valence-corrected chi connectivity index (χ4v) is 4.02. The van der Waals surface area contributed by atoms with Crippen LogP contribution in [0, 0.1) is 0 Å². The van der Waals surface area contributed by atoms with E-state index < -0.39 is 0 Å². The van der Waals surface area contributed by atoms with E-state index in [-0.39, 0.29) is 0 Å². The summed E-state index contributed by atoms with van der Waals surface area (Å²) in [6.45, 7) is 0. The molecule has 5 nitrogen and oxygen atoms in total. The third-order valence-corrected chi connectivity index (χ3v) is 4.74. The van der Waals surface area contributed by atoms with Crippen molar-refractivity contribution in [2.75, 3.05) is 19.1 Å². The number of rotatable bonds is 3. The Balaban J connectivity index is 1.94. The Morgan fingerprint density at radius 2 is 1.63 bits per heavy atom. The first-order chi connectivity index (χ1) is 9.21. The second kappa shape index (κ2) is 5.15. The van der Waals surface area contributed by atoms with Crippen LogP contribution in [0.5, 0.6) is 11.8 Å². The van der Waals surface area contributed by atoms with Gasteiger partial charge in [0.2, 0.25) is 17.7 Å². The molecule has 0 saturated carbocycles. The molecule has 104 valence electrons. The van der Waals surface area contributed by atoms with E-state index in [2.05, 4.69) is 30.8 Å². The van der Waals surface area contributed by atoms with Crippen molar-refractivity contribution >= 4 is 21.9 Å². The number of aromatic nitrogens is 2. The van der Waals surface area contributed by atoms with Crippen LogP contribution in [0.4, 0.5) is 5.95 Å². The van der Waals surface area contributed by atoms with Gasteiger partial charge >= 0.3 is 0 Å². The highest BCUT2D eigenvalue weighted by Gasteiger charge is 2.41. The monoisotopic (exact) mass is 327 g/mol. The van der Waals surface area contributed by atoms with Crippen molar-refractivity contribution in [2.45, 2.75) is 42.6 Å². The molecule has 0 aliphatic carbocycles. The van der Waals surface area contributed by atoms with Gasteiger partial charge in [-0.2, -0.15) is 9.97 Å². The summed E-state index contributed by atoms with van der Waals surface area (Å²) in [4.78, 5) is 11.9. The summed E-state index contributed by atoms with van der Waals surface area (Å²) in [5.41, 5.74) is 0. The fourth-order valence-electron chi connectivity index (χ4n) is 3.15. The topological polar surface area (TPSA) is 47.5 Å². The minimum absolute atomic E-state index is 0.528. The molecule has 2 saturated heterocycles. The first-order valence-electron chi connectivity index (χ1n) is 6.60. The molecular weight excluding hydrogens is 310 g/mol. The quantitative estimate of drug-likeness (QED) is 0.798. The number of nitrogens with zero attached hydrogens (tertiary/aromatic N) is 3. The van der Waals surface area contributed by atoms with Gasteiger partial charge in [0, 0.05) is 16.9 Å². The van der Waals surface area contributed by atoms with Gasteiger partial charge in [0.15, 0.2) is 0 Å². The standard InChI is InChI=1S/C13H18BrN3O2/c1-18-11-7-12(19-2)16-13(15-11)17-9-3-4-10(17)6-8(14)5-9/h7-10H,3-6H2,1-2H3. The Hall–Kier alpha value is -1.04. The molecule has 1 aromatic heterocycles. The van der Waals surface area contributed by atoms with Gasteiger partial charge in [-0.15, -0.1) is 0 Å².